The number of methoxy groups -OCH3 is 2. The molecule has 0 fully saturated rings. The fourth-order valence-electron chi connectivity index (χ4n) is 4.70. The lowest BCUT2D eigenvalue weighted by Gasteiger charge is -2.28. The van der Waals surface area contributed by atoms with Crippen LogP contribution in [0.15, 0.2) is 79.0 Å². The zero-order valence-corrected chi connectivity index (χ0v) is 23.5. The van der Waals surface area contributed by atoms with Gasteiger partial charge in [0.1, 0.15) is 11.5 Å². The van der Waals surface area contributed by atoms with Gasteiger partial charge in [0.15, 0.2) is 6.61 Å². The first-order valence-corrected chi connectivity index (χ1v) is 13.4. The number of benzene rings is 3. The number of aromatic nitrogens is 1. The van der Waals surface area contributed by atoms with Gasteiger partial charge < -0.3 is 29.4 Å². The van der Waals surface area contributed by atoms with Crippen molar-refractivity contribution in [3.8, 4) is 11.5 Å². The van der Waals surface area contributed by atoms with Crippen LogP contribution in [0, 0.1) is 0 Å². The summed E-state index contributed by atoms with van der Waals surface area (Å²) in [5.41, 5.74) is 3.70. The van der Waals surface area contributed by atoms with Crippen LogP contribution in [0.5, 0.6) is 11.5 Å². The average Bonchev–Trinajstić information content (AvgIpc) is 3.39. The smallest absolute Gasteiger partial charge is 0.309 e. The van der Waals surface area contributed by atoms with E-state index in [-0.39, 0.29) is 36.9 Å². The van der Waals surface area contributed by atoms with Crippen molar-refractivity contribution in [3.05, 3.63) is 95.7 Å². The number of carbonyl (C=O) groups is 3. The van der Waals surface area contributed by atoms with E-state index < -0.39 is 0 Å². The van der Waals surface area contributed by atoms with Crippen LogP contribution in [0.1, 0.15) is 23.6 Å². The SMILES string of the molecule is COC(=O)Cc1ccc(OCC(=O)N[C@H](Cc2c[nH]c3ccccc23)CN(Cc2ccccc2OC)C(C)=O)cc1. The lowest BCUT2D eigenvalue weighted by molar-refractivity contribution is -0.139. The number of fused-ring (bicyclic) bond motifs is 1. The summed E-state index contributed by atoms with van der Waals surface area (Å²) in [5, 5.41) is 4.13. The van der Waals surface area contributed by atoms with Gasteiger partial charge in [-0.15, -0.1) is 0 Å². The molecule has 2 N–H and O–H groups in total. The number of aromatic amines is 1. The third-order valence-corrected chi connectivity index (χ3v) is 6.82. The molecule has 4 aromatic rings. The summed E-state index contributed by atoms with van der Waals surface area (Å²) in [4.78, 5) is 42.2. The van der Waals surface area contributed by atoms with Gasteiger partial charge in [0.25, 0.3) is 5.91 Å². The van der Waals surface area contributed by atoms with Gasteiger partial charge in [-0.25, -0.2) is 0 Å². The van der Waals surface area contributed by atoms with Crippen molar-refractivity contribution >= 4 is 28.7 Å². The summed E-state index contributed by atoms with van der Waals surface area (Å²) in [6.07, 6.45) is 2.61. The molecule has 0 saturated heterocycles. The summed E-state index contributed by atoms with van der Waals surface area (Å²) < 4.78 is 15.9. The summed E-state index contributed by atoms with van der Waals surface area (Å²) in [7, 11) is 2.95. The Morgan fingerprint density at radius 2 is 1.66 bits per heavy atom. The van der Waals surface area contributed by atoms with E-state index in [2.05, 4.69) is 10.3 Å². The highest BCUT2D eigenvalue weighted by molar-refractivity contribution is 5.83. The molecule has 4 rings (SSSR count). The van der Waals surface area contributed by atoms with E-state index in [1.165, 1.54) is 14.0 Å². The molecule has 0 unspecified atom stereocenters. The maximum absolute atomic E-state index is 13.1. The quantitative estimate of drug-likeness (QED) is 0.240. The number of ether oxygens (including phenoxy) is 3. The molecular weight excluding hydrogens is 522 g/mol. The maximum Gasteiger partial charge on any atom is 0.309 e. The summed E-state index contributed by atoms with van der Waals surface area (Å²) in [6, 6.07) is 22.1. The van der Waals surface area contributed by atoms with Gasteiger partial charge >= 0.3 is 5.97 Å². The highest BCUT2D eigenvalue weighted by Crippen LogP contribution is 2.22. The summed E-state index contributed by atoms with van der Waals surface area (Å²) >= 11 is 0. The van der Waals surface area contributed by atoms with Crippen molar-refractivity contribution in [1.82, 2.24) is 15.2 Å². The molecule has 0 aliphatic rings. The average molecular weight is 558 g/mol. The van der Waals surface area contributed by atoms with Crippen molar-refractivity contribution in [1.29, 1.82) is 0 Å². The normalized spacial score (nSPS) is 11.5. The van der Waals surface area contributed by atoms with Gasteiger partial charge in [-0.05, 0) is 41.8 Å². The predicted octanol–water partition coefficient (Wildman–Crippen LogP) is 4.05. The minimum Gasteiger partial charge on any atom is -0.496 e. The van der Waals surface area contributed by atoms with E-state index in [4.69, 9.17) is 14.2 Å². The standard InChI is InChI=1S/C32H35N3O6/c1-22(36)35(19-24-8-4-7-11-30(24)39-2)20-26(17-25-18-33-29-10-6-5-9-28(25)29)34-31(37)21-41-27-14-12-23(13-15-27)16-32(38)40-3/h4-15,18,26,33H,16-17,19-21H2,1-3H3,(H,34,37)/t26-/m1/s1. The molecule has 0 saturated carbocycles. The summed E-state index contributed by atoms with van der Waals surface area (Å²) in [6.45, 7) is 1.95. The molecule has 0 bridgehead atoms. The zero-order valence-electron chi connectivity index (χ0n) is 23.5. The van der Waals surface area contributed by atoms with Crippen molar-refractivity contribution in [2.24, 2.45) is 0 Å². The Morgan fingerprint density at radius 1 is 0.927 bits per heavy atom. The minimum atomic E-state index is -0.383. The Hall–Kier alpha value is -4.79. The molecule has 0 aliphatic heterocycles. The van der Waals surface area contributed by atoms with Crippen LogP contribution in [-0.2, 0) is 38.5 Å². The second kappa shape index (κ2) is 14.0. The molecule has 2 amide bonds. The number of esters is 1. The molecule has 3 aromatic carbocycles. The van der Waals surface area contributed by atoms with Gasteiger partial charge in [0.05, 0.1) is 26.7 Å². The number of carbonyl (C=O) groups excluding carboxylic acids is 3. The number of rotatable bonds is 13. The molecule has 0 aliphatic carbocycles. The van der Waals surface area contributed by atoms with E-state index >= 15 is 0 Å². The van der Waals surface area contributed by atoms with Crippen molar-refractivity contribution < 1.29 is 28.6 Å². The third-order valence-electron chi connectivity index (χ3n) is 6.82. The third kappa shape index (κ3) is 8.11. The number of amides is 2. The number of hydrogen-bond donors (Lipinski definition) is 2. The maximum atomic E-state index is 13.1. The minimum absolute atomic E-state index is 0.114. The van der Waals surface area contributed by atoms with Crippen LogP contribution in [0.25, 0.3) is 10.9 Å². The van der Waals surface area contributed by atoms with E-state index in [1.54, 1.807) is 36.3 Å². The number of H-pyrrole nitrogens is 1. The Balaban J connectivity index is 1.47. The first-order chi connectivity index (χ1) is 19.9. The molecule has 214 valence electrons. The van der Waals surface area contributed by atoms with E-state index in [0.29, 0.717) is 31.0 Å². The first kappa shape index (κ1) is 29.2. The van der Waals surface area contributed by atoms with Crippen LogP contribution in [-0.4, -0.2) is 61.1 Å². The molecule has 41 heavy (non-hydrogen) atoms. The summed E-state index contributed by atoms with van der Waals surface area (Å²) in [5.74, 6) is 0.446. The molecule has 0 spiro atoms. The van der Waals surface area contributed by atoms with Gasteiger partial charge in [-0.1, -0.05) is 48.5 Å². The first-order valence-electron chi connectivity index (χ1n) is 13.4. The number of hydrogen-bond acceptors (Lipinski definition) is 6. The molecule has 1 aromatic heterocycles. The van der Waals surface area contributed by atoms with Crippen LogP contribution < -0.4 is 14.8 Å². The number of nitrogens with zero attached hydrogens (tertiary/aromatic N) is 1. The predicted molar refractivity (Wildman–Crippen MR) is 156 cm³/mol. The van der Waals surface area contributed by atoms with Crippen molar-refractivity contribution in [2.45, 2.75) is 32.4 Å². The second-order valence-electron chi connectivity index (χ2n) is 9.72. The van der Waals surface area contributed by atoms with Gasteiger partial charge in [-0.3, -0.25) is 14.4 Å². The highest BCUT2D eigenvalue weighted by Gasteiger charge is 2.22. The van der Waals surface area contributed by atoms with Crippen LogP contribution in [0.3, 0.4) is 0 Å². The lowest BCUT2D eigenvalue weighted by Crippen LogP contribution is -2.47. The second-order valence-corrected chi connectivity index (χ2v) is 9.72. The molecule has 9 heteroatoms. The van der Waals surface area contributed by atoms with E-state index in [1.807, 2.05) is 54.7 Å². The Kier molecular flexibility index (Phi) is 9.99. The van der Waals surface area contributed by atoms with Crippen LogP contribution in [0.4, 0.5) is 0 Å². The number of para-hydroxylation sites is 2. The molecule has 1 heterocycles. The van der Waals surface area contributed by atoms with Crippen molar-refractivity contribution in [2.75, 3.05) is 27.4 Å². The topological polar surface area (TPSA) is 110 Å². The Morgan fingerprint density at radius 3 is 2.39 bits per heavy atom. The fourth-order valence-corrected chi connectivity index (χ4v) is 4.70. The molecule has 0 radical (unpaired) electrons. The van der Waals surface area contributed by atoms with Gasteiger partial charge in [0.2, 0.25) is 5.91 Å². The van der Waals surface area contributed by atoms with Crippen LogP contribution in [0.2, 0.25) is 0 Å². The van der Waals surface area contributed by atoms with Gasteiger partial charge in [-0.2, -0.15) is 0 Å². The largest absolute Gasteiger partial charge is 0.496 e. The van der Waals surface area contributed by atoms with Crippen LogP contribution >= 0.6 is 0 Å². The highest BCUT2D eigenvalue weighted by atomic mass is 16.5. The van der Waals surface area contributed by atoms with E-state index in [9.17, 15) is 14.4 Å². The van der Waals surface area contributed by atoms with Crippen molar-refractivity contribution in [3.63, 3.8) is 0 Å². The monoisotopic (exact) mass is 557 g/mol. The van der Waals surface area contributed by atoms with Gasteiger partial charge in [0, 0.05) is 42.7 Å². The Bertz CT molecular complexity index is 1480. The molecule has 9 nitrogen and oxygen atoms in total. The Labute approximate surface area is 239 Å². The molecule has 1 atom stereocenters. The molecular formula is C32H35N3O6. The fraction of sp³-hybridized carbons (Fsp3) is 0.281. The lowest BCUT2D eigenvalue weighted by atomic mass is 10.0. The zero-order chi connectivity index (χ0) is 29.2. The number of nitrogens with one attached hydrogen (secondary N) is 2. The van der Waals surface area contributed by atoms with E-state index in [0.717, 1.165) is 27.6 Å².